The Morgan fingerprint density at radius 3 is 2.38 bits per heavy atom. The maximum absolute atomic E-state index is 11.7. The first kappa shape index (κ1) is 14.4. The van der Waals surface area contributed by atoms with Gasteiger partial charge in [0.25, 0.3) is 0 Å². The Morgan fingerprint density at radius 1 is 1.19 bits per heavy atom. The van der Waals surface area contributed by atoms with Gasteiger partial charge in [-0.2, -0.15) is 0 Å². The van der Waals surface area contributed by atoms with Gasteiger partial charge in [-0.1, -0.05) is 5.75 Å². The van der Waals surface area contributed by atoms with E-state index in [0.717, 1.165) is 31.9 Å². The van der Waals surface area contributed by atoms with E-state index < -0.39 is 0 Å². The minimum atomic E-state index is 0. The number of benzene rings is 1. The van der Waals surface area contributed by atoms with E-state index in [9.17, 15) is 5.11 Å². The van der Waals surface area contributed by atoms with Crippen LogP contribution in [0.3, 0.4) is 0 Å². The maximum atomic E-state index is 11.7. The zero-order valence-electron chi connectivity index (χ0n) is 9.94. The summed E-state index contributed by atoms with van der Waals surface area (Å²) in [7, 11) is 2.10. The van der Waals surface area contributed by atoms with E-state index in [-0.39, 0.29) is 63.9 Å². The van der Waals surface area contributed by atoms with Crippen molar-refractivity contribution in [2.75, 3.05) is 43.9 Å². The third kappa shape index (κ3) is 3.44. The molecule has 16 heavy (non-hydrogen) atoms. The first-order chi connectivity index (χ1) is 7.16. The van der Waals surface area contributed by atoms with Gasteiger partial charge in [-0.15, -0.1) is 0 Å². The van der Waals surface area contributed by atoms with E-state index in [2.05, 4.69) is 16.8 Å². The molecule has 0 saturated carbocycles. The number of nitrogens with two attached hydrogens (primary N) is 1. The summed E-state index contributed by atoms with van der Waals surface area (Å²) in [5, 5.41) is 11.7. The molecule has 0 amide bonds. The second-order valence-electron chi connectivity index (χ2n) is 4.02. The van der Waals surface area contributed by atoms with E-state index in [4.69, 9.17) is 5.73 Å². The van der Waals surface area contributed by atoms with E-state index in [0.29, 0.717) is 5.69 Å². The molecule has 1 aromatic rings. The van der Waals surface area contributed by atoms with Gasteiger partial charge in [-0.05, 0) is 25.2 Å². The number of nitrogen functional groups attached to an aromatic ring is 1. The molecule has 1 aromatic carbocycles. The van der Waals surface area contributed by atoms with Crippen LogP contribution in [0.4, 0.5) is 11.4 Å². The van der Waals surface area contributed by atoms with Crippen LogP contribution in [0, 0.1) is 0 Å². The zero-order chi connectivity index (χ0) is 10.8. The van der Waals surface area contributed by atoms with E-state index in [1.165, 1.54) is 6.07 Å². The van der Waals surface area contributed by atoms with Gasteiger partial charge in [0.2, 0.25) is 0 Å². The van der Waals surface area contributed by atoms with Crippen molar-refractivity contribution in [3.8, 4) is 5.75 Å². The predicted molar refractivity (Wildman–Crippen MR) is 60.0 cm³/mol. The van der Waals surface area contributed by atoms with Crippen molar-refractivity contribution in [3.63, 3.8) is 0 Å². The van der Waals surface area contributed by atoms with Crippen molar-refractivity contribution < 1.29 is 63.3 Å². The van der Waals surface area contributed by atoms with Crippen LogP contribution in [0.15, 0.2) is 18.2 Å². The van der Waals surface area contributed by atoms with Crippen molar-refractivity contribution in [1.82, 2.24) is 4.90 Å². The van der Waals surface area contributed by atoms with Crippen molar-refractivity contribution in [2.45, 2.75) is 0 Å². The average molecular weight is 292 g/mol. The van der Waals surface area contributed by atoms with Crippen molar-refractivity contribution in [1.29, 1.82) is 0 Å². The quantitative estimate of drug-likeness (QED) is 0.564. The fourth-order valence-corrected chi connectivity index (χ4v) is 1.84. The minimum absolute atomic E-state index is 0. The van der Waals surface area contributed by atoms with Crippen molar-refractivity contribution in [3.05, 3.63) is 18.2 Å². The van der Waals surface area contributed by atoms with Crippen molar-refractivity contribution in [2.24, 2.45) is 0 Å². The second-order valence-corrected chi connectivity index (χ2v) is 4.02. The summed E-state index contributed by atoms with van der Waals surface area (Å²) in [6, 6.07) is 5.10. The molecule has 1 fully saturated rings. The summed E-state index contributed by atoms with van der Waals surface area (Å²) in [6.45, 7) is 3.83. The summed E-state index contributed by atoms with van der Waals surface area (Å²) < 4.78 is 0. The largest absolute Gasteiger partial charge is 1.00 e. The third-order valence-electron chi connectivity index (χ3n) is 2.83. The molecule has 5 heteroatoms. The van der Waals surface area contributed by atoms with Gasteiger partial charge in [0.05, 0.1) is 0 Å². The number of piperazine rings is 1. The molecule has 0 radical (unpaired) electrons. The number of rotatable bonds is 1. The molecule has 1 saturated heterocycles. The Bertz CT molecular complexity index is 351. The molecule has 1 heterocycles. The molecule has 0 aliphatic carbocycles. The monoisotopic (exact) mass is 291 g/mol. The van der Waals surface area contributed by atoms with Crippen LogP contribution in [-0.2, 0) is 0 Å². The molecule has 0 aromatic heterocycles. The number of hydrogen-bond donors (Lipinski definition) is 1. The van der Waals surface area contributed by atoms with Crippen LogP contribution in [0.2, 0.25) is 0 Å². The Morgan fingerprint density at radius 2 is 1.81 bits per heavy atom. The van der Waals surface area contributed by atoms with Crippen LogP contribution >= 0.6 is 0 Å². The van der Waals surface area contributed by atoms with Gasteiger partial charge in [-0.25, -0.2) is 0 Å². The standard InChI is InChI=1S/C11H17N3O.Rb/c1-13-4-6-14(7-5-13)10-3-2-9(12)8-11(10)15;/h2-3,8,15H,4-7,12H2,1H3;/q;+1/p-1. The second kappa shape index (κ2) is 6.35. The fourth-order valence-electron chi connectivity index (χ4n) is 1.84. The van der Waals surface area contributed by atoms with Crippen LogP contribution in [0.1, 0.15) is 0 Å². The summed E-state index contributed by atoms with van der Waals surface area (Å²) in [5.41, 5.74) is 6.87. The van der Waals surface area contributed by atoms with Crippen molar-refractivity contribution >= 4 is 11.4 Å². The molecule has 1 aliphatic heterocycles. The van der Waals surface area contributed by atoms with Gasteiger partial charge >= 0.3 is 58.2 Å². The number of likely N-dealkylation sites (N-methyl/N-ethyl adjacent to an activating group) is 1. The van der Waals surface area contributed by atoms with Gasteiger partial charge in [0, 0.05) is 37.6 Å². The molecule has 0 unspecified atom stereocenters. The topological polar surface area (TPSA) is 55.6 Å². The average Bonchev–Trinajstić information content (AvgIpc) is 2.20. The predicted octanol–water partition coefficient (Wildman–Crippen LogP) is -2.90. The van der Waals surface area contributed by atoms with Gasteiger partial charge in [0.1, 0.15) is 0 Å². The number of nitrogens with zero attached hydrogens (tertiary/aromatic N) is 2. The van der Waals surface area contributed by atoms with E-state index in [1.807, 2.05) is 6.07 Å². The minimum Gasteiger partial charge on any atom is -0.871 e. The summed E-state index contributed by atoms with van der Waals surface area (Å²) >= 11 is 0. The van der Waals surface area contributed by atoms with Gasteiger partial charge < -0.3 is 20.6 Å². The summed E-state index contributed by atoms with van der Waals surface area (Å²) in [4.78, 5) is 4.39. The molecule has 1 aliphatic rings. The molecule has 0 atom stereocenters. The first-order valence-electron chi connectivity index (χ1n) is 5.17. The van der Waals surface area contributed by atoms with E-state index in [1.54, 1.807) is 6.07 Å². The molecule has 2 rings (SSSR count). The van der Waals surface area contributed by atoms with Crippen LogP contribution in [0.5, 0.6) is 5.75 Å². The molecule has 82 valence electrons. The molecular formula is C11H16N3ORb. The van der Waals surface area contributed by atoms with Gasteiger partial charge in [-0.3, -0.25) is 0 Å². The van der Waals surface area contributed by atoms with Crippen LogP contribution in [-0.4, -0.2) is 38.1 Å². The molecule has 4 nitrogen and oxygen atoms in total. The normalized spacial score (nSPS) is 16.9. The molecule has 0 bridgehead atoms. The zero-order valence-corrected chi connectivity index (χ0v) is 14.9. The van der Waals surface area contributed by atoms with Crippen LogP contribution in [0.25, 0.3) is 0 Å². The molecule has 2 N–H and O–H groups in total. The Balaban J connectivity index is 0.00000128. The molecular weight excluding hydrogens is 276 g/mol. The number of anilines is 2. The fraction of sp³-hybridized carbons (Fsp3) is 0.455. The number of hydrogen-bond acceptors (Lipinski definition) is 4. The summed E-state index contributed by atoms with van der Waals surface area (Å²) in [5.74, 6) is 0.0274. The smallest absolute Gasteiger partial charge is 0.871 e. The van der Waals surface area contributed by atoms with E-state index >= 15 is 0 Å². The van der Waals surface area contributed by atoms with Crippen LogP contribution < -0.4 is 73.9 Å². The Labute approximate surface area is 145 Å². The van der Waals surface area contributed by atoms with Gasteiger partial charge in [0.15, 0.2) is 0 Å². The summed E-state index contributed by atoms with van der Waals surface area (Å²) in [6.07, 6.45) is 0. The maximum Gasteiger partial charge on any atom is 1.00 e. The third-order valence-corrected chi connectivity index (χ3v) is 2.83. The SMILES string of the molecule is CN1CCN(c2ccc(N)cc2[O-])CC1.[Rb+]. The molecule has 0 spiro atoms. The Hall–Kier alpha value is 0.385. The first-order valence-corrected chi connectivity index (χ1v) is 5.17. The Kier molecular flexibility index (Phi) is 5.74.